The molecule has 1 amide bonds. The first kappa shape index (κ1) is 13.3. The van der Waals surface area contributed by atoms with Gasteiger partial charge in [-0.1, -0.05) is 13.8 Å². The molecule has 2 N–H and O–H groups in total. The maximum absolute atomic E-state index is 11.9. The Bertz CT molecular complexity index is 347. The predicted octanol–water partition coefficient (Wildman–Crippen LogP) is 0.886. The van der Waals surface area contributed by atoms with E-state index in [0.717, 1.165) is 26.1 Å². The standard InChI is InChI=1S/C13H21NO4/c1-13(2)9(10(13)12(16)17)11(15)14-5-3-8-4-6-18-7-8/h8-10H,3-7H2,1-2H3,(H,14,15)(H,16,17)/t8?,9-,10+/m1/s1. The third-order valence-electron chi connectivity index (χ3n) is 4.25. The lowest BCUT2D eigenvalue weighted by Crippen LogP contribution is -2.29. The van der Waals surface area contributed by atoms with E-state index in [0.29, 0.717) is 12.5 Å². The summed E-state index contributed by atoms with van der Waals surface area (Å²) in [7, 11) is 0. The zero-order valence-electron chi connectivity index (χ0n) is 10.9. The highest BCUT2D eigenvalue weighted by molar-refractivity contribution is 5.91. The fourth-order valence-corrected chi connectivity index (χ4v) is 2.91. The largest absolute Gasteiger partial charge is 0.481 e. The number of carboxylic acids is 1. The van der Waals surface area contributed by atoms with Crippen molar-refractivity contribution in [3.05, 3.63) is 0 Å². The van der Waals surface area contributed by atoms with Gasteiger partial charge in [-0.25, -0.2) is 0 Å². The van der Waals surface area contributed by atoms with Gasteiger partial charge in [0, 0.05) is 19.8 Å². The molecule has 1 saturated heterocycles. The molecule has 0 aromatic carbocycles. The van der Waals surface area contributed by atoms with Crippen LogP contribution < -0.4 is 5.32 Å². The van der Waals surface area contributed by atoms with Crippen LogP contribution in [0.15, 0.2) is 0 Å². The van der Waals surface area contributed by atoms with Gasteiger partial charge in [0.25, 0.3) is 0 Å². The summed E-state index contributed by atoms with van der Waals surface area (Å²) < 4.78 is 5.27. The van der Waals surface area contributed by atoms with E-state index in [1.54, 1.807) is 0 Å². The SMILES string of the molecule is CC1(C)[C@H](C(=O)O)[C@@H]1C(=O)NCCC1CCOC1. The van der Waals surface area contributed by atoms with Crippen molar-refractivity contribution in [2.75, 3.05) is 19.8 Å². The maximum Gasteiger partial charge on any atom is 0.307 e. The molecule has 5 heteroatoms. The van der Waals surface area contributed by atoms with Crippen molar-refractivity contribution in [2.24, 2.45) is 23.2 Å². The van der Waals surface area contributed by atoms with E-state index in [4.69, 9.17) is 9.84 Å². The number of nitrogens with one attached hydrogen (secondary N) is 1. The summed E-state index contributed by atoms with van der Waals surface area (Å²) >= 11 is 0. The van der Waals surface area contributed by atoms with Crippen LogP contribution in [0.3, 0.4) is 0 Å². The Hall–Kier alpha value is -1.10. The van der Waals surface area contributed by atoms with Crippen molar-refractivity contribution in [3.63, 3.8) is 0 Å². The third kappa shape index (κ3) is 2.51. The highest BCUT2D eigenvalue weighted by Gasteiger charge is 2.65. The van der Waals surface area contributed by atoms with Crippen molar-refractivity contribution >= 4 is 11.9 Å². The van der Waals surface area contributed by atoms with Gasteiger partial charge in [0.1, 0.15) is 0 Å². The molecule has 2 fully saturated rings. The number of rotatable bonds is 5. The number of aliphatic carboxylic acids is 1. The number of carbonyl (C=O) groups excluding carboxylic acids is 1. The van der Waals surface area contributed by atoms with Crippen LogP contribution >= 0.6 is 0 Å². The fraction of sp³-hybridized carbons (Fsp3) is 0.846. The van der Waals surface area contributed by atoms with Crippen LogP contribution in [0.25, 0.3) is 0 Å². The van der Waals surface area contributed by atoms with Gasteiger partial charge in [-0.05, 0) is 24.2 Å². The van der Waals surface area contributed by atoms with Crippen LogP contribution in [0.4, 0.5) is 0 Å². The molecular weight excluding hydrogens is 234 g/mol. The molecule has 1 unspecified atom stereocenters. The summed E-state index contributed by atoms with van der Waals surface area (Å²) in [5.41, 5.74) is -0.410. The summed E-state index contributed by atoms with van der Waals surface area (Å²) in [6.45, 7) is 5.88. The minimum atomic E-state index is -0.871. The van der Waals surface area contributed by atoms with E-state index in [1.807, 2.05) is 13.8 Å². The van der Waals surface area contributed by atoms with Gasteiger partial charge in [-0.2, -0.15) is 0 Å². The molecule has 1 heterocycles. The zero-order valence-corrected chi connectivity index (χ0v) is 10.9. The molecule has 18 heavy (non-hydrogen) atoms. The van der Waals surface area contributed by atoms with Gasteiger partial charge in [-0.15, -0.1) is 0 Å². The Labute approximate surface area is 107 Å². The van der Waals surface area contributed by atoms with Crippen LogP contribution in [0.2, 0.25) is 0 Å². The van der Waals surface area contributed by atoms with E-state index >= 15 is 0 Å². The Kier molecular flexibility index (Phi) is 3.61. The molecule has 5 nitrogen and oxygen atoms in total. The topological polar surface area (TPSA) is 75.6 Å². The first-order valence-corrected chi connectivity index (χ1v) is 6.53. The monoisotopic (exact) mass is 255 g/mol. The summed E-state index contributed by atoms with van der Waals surface area (Å²) in [5, 5.41) is 11.9. The first-order valence-electron chi connectivity index (χ1n) is 6.53. The van der Waals surface area contributed by atoms with Crippen molar-refractivity contribution in [2.45, 2.75) is 26.7 Å². The summed E-state index contributed by atoms with van der Waals surface area (Å²) in [5.74, 6) is -1.37. The molecule has 0 radical (unpaired) electrons. The van der Waals surface area contributed by atoms with E-state index in [1.165, 1.54) is 0 Å². The quantitative estimate of drug-likeness (QED) is 0.765. The summed E-state index contributed by atoms with van der Waals surface area (Å²) in [4.78, 5) is 22.9. The number of hydrogen-bond donors (Lipinski definition) is 2. The van der Waals surface area contributed by atoms with Gasteiger partial charge < -0.3 is 15.2 Å². The van der Waals surface area contributed by atoms with Gasteiger partial charge in [-0.3, -0.25) is 9.59 Å². The second kappa shape index (κ2) is 4.88. The zero-order chi connectivity index (χ0) is 13.3. The van der Waals surface area contributed by atoms with Crippen LogP contribution in [-0.4, -0.2) is 36.7 Å². The van der Waals surface area contributed by atoms with E-state index in [9.17, 15) is 9.59 Å². The summed E-state index contributed by atoms with van der Waals surface area (Å²) in [6, 6.07) is 0. The van der Waals surface area contributed by atoms with Crippen molar-refractivity contribution in [1.82, 2.24) is 5.32 Å². The second-order valence-electron chi connectivity index (χ2n) is 5.92. The smallest absolute Gasteiger partial charge is 0.307 e. The molecule has 0 aromatic rings. The molecule has 2 aliphatic rings. The Morgan fingerprint density at radius 1 is 1.39 bits per heavy atom. The summed E-state index contributed by atoms with van der Waals surface area (Å²) in [6.07, 6.45) is 1.97. The van der Waals surface area contributed by atoms with Gasteiger partial charge >= 0.3 is 5.97 Å². The molecule has 2 rings (SSSR count). The third-order valence-corrected chi connectivity index (χ3v) is 4.25. The predicted molar refractivity (Wildman–Crippen MR) is 64.9 cm³/mol. The highest BCUT2D eigenvalue weighted by atomic mass is 16.5. The Morgan fingerprint density at radius 3 is 2.61 bits per heavy atom. The lowest BCUT2D eigenvalue weighted by atomic mass is 10.1. The lowest BCUT2D eigenvalue weighted by molar-refractivity contribution is -0.140. The molecule has 0 spiro atoms. The Balaban J connectivity index is 1.74. The minimum Gasteiger partial charge on any atom is -0.481 e. The number of amides is 1. The molecule has 1 saturated carbocycles. The number of hydrogen-bond acceptors (Lipinski definition) is 3. The van der Waals surface area contributed by atoms with Crippen LogP contribution in [0.1, 0.15) is 26.7 Å². The van der Waals surface area contributed by atoms with Gasteiger partial charge in [0.15, 0.2) is 0 Å². The Morgan fingerprint density at radius 2 is 2.11 bits per heavy atom. The van der Waals surface area contributed by atoms with E-state index in [-0.39, 0.29) is 11.8 Å². The van der Waals surface area contributed by atoms with Crippen LogP contribution in [0, 0.1) is 23.2 Å². The fourth-order valence-electron chi connectivity index (χ4n) is 2.91. The second-order valence-corrected chi connectivity index (χ2v) is 5.92. The van der Waals surface area contributed by atoms with E-state index < -0.39 is 17.3 Å². The normalized spacial score (nSPS) is 33.1. The number of carbonyl (C=O) groups is 2. The number of ether oxygens (including phenoxy) is 1. The molecule has 1 aliphatic carbocycles. The lowest BCUT2D eigenvalue weighted by Gasteiger charge is -2.09. The van der Waals surface area contributed by atoms with Crippen molar-refractivity contribution in [3.8, 4) is 0 Å². The molecule has 0 bridgehead atoms. The van der Waals surface area contributed by atoms with Gasteiger partial charge in [0.2, 0.25) is 5.91 Å². The van der Waals surface area contributed by atoms with Crippen molar-refractivity contribution in [1.29, 1.82) is 0 Å². The van der Waals surface area contributed by atoms with Crippen LogP contribution in [0.5, 0.6) is 0 Å². The molecule has 102 valence electrons. The average molecular weight is 255 g/mol. The molecule has 1 aliphatic heterocycles. The van der Waals surface area contributed by atoms with Gasteiger partial charge in [0.05, 0.1) is 11.8 Å². The van der Waals surface area contributed by atoms with Crippen molar-refractivity contribution < 1.29 is 19.4 Å². The van der Waals surface area contributed by atoms with E-state index in [2.05, 4.69) is 5.32 Å². The minimum absolute atomic E-state index is 0.119. The average Bonchev–Trinajstić information content (AvgIpc) is 2.65. The highest BCUT2D eigenvalue weighted by Crippen LogP contribution is 2.58. The number of carboxylic acid groups (broad SMARTS) is 1. The molecule has 0 aromatic heterocycles. The maximum atomic E-state index is 11.9. The molecule has 3 atom stereocenters. The molecular formula is C13H21NO4. The van der Waals surface area contributed by atoms with Crippen LogP contribution in [-0.2, 0) is 14.3 Å². The first-order chi connectivity index (χ1) is 8.44.